The van der Waals surface area contributed by atoms with E-state index in [1.165, 1.54) is 24.3 Å². The van der Waals surface area contributed by atoms with Crippen LogP contribution in [0.3, 0.4) is 0 Å². The van der Waals surface area contributed by atoms with Gasteiger partial charge in [0.15, 0.2) is 0 Å². The van der Waals surface area contributed by atoms with E-state index in [1.807, 2.05) is 31.2 Å². The number of nitrogens with zero attached hydrogens (tertiary/aromatic N) is 1. The molecule has 25 heavy (non-hydrogen) atoms. The van der Waals surface area contributed by atoms with Crippen molar-refractivity contribution in [2.24, 2.45) is 0 Å². The van der Waals surface area contributed by atoms with Crippen LogP contribution in [0.2, 0.25) is 0 Å². The molecule has 5 nitrogen and oxygen atoms in total. The van der Waals surface area contributed by atoms with Crippen molar-refractivity contribution in [3.63, 3.8) is 0 Å². The SMILES string of the molecule is Cc1nccc2c1[nH]c1ccc(NC(=O)Nc3ccc(F)cc3)cc12. The summed E-state index contributed by atoms with van der Waals surface area (Å²) >= 11 is 0. The molecular formula is C19H15FN4O. The molecule has 0 aliphatic rings. The van der Waals surface area contributed by atoms with Gasteiger partial charge in [-0.1, -0.05) is 0 Å². The molecule has 0 atom stereocenters. The zero-order chi connectivity index (χ0) is 17.4. The number of hydrogen-bond acceptors (Lipinski definition) is 2. The molecular weight excluding hydrogens is 319 g/mol. The summed E-state index contributed by atoms with van der Waals surface area (Å²) in [5.41, 5.74) is 4.09. The predicted octanol–water partition coefficient (Wildman–Crippen LogP) is 4.81. The summed E-state index contributed by atoms with van der Waals surface area (Å²) < 4.78 is 12.9. The summed E-state index contributed by atoms with van der Waals surface area (Å²) in [4.78, 5) is 19.8. The van der Waals surface area contributed by atoms with Gasteiger partial charge in [0.1, 0.15) is 5.82 Å². The van der Waals surface area contributed by atoms with E-state index in [2.05, 4.69) is 20.6 Å². The molecule has 0 radical (unpaired) electrons. The largest absolute Gasteiger partial charge is 0.353 e. The number of carbonyl (C=O) groups excluding carboxylic acids is 1. The van der Waals surface area contributed by atoms with E-state index in [1.54, 1.807) is 6.20 Å². The molecule has 4 rings (SSSR count). The fraction of sp³-hybridized carbons (Fsp3) is 0.0526. The van der Waals surface area contributed by atoms with Gasteiger partial charge in [0.05, 0.1) is 11.2 Å². The summed E-state index contributed by atoms with van der Waals surface area (Å²) in [7, 11) is 0. The molecule has 124 valence electrons. The maximum absolute atomic E-state index is 12.9. The van der Waals surface area contributed by atoms with Gasteiger partial charge in [-0.2, -0.15) is 0 Å². The highest BCUT2D eigenvalue weighted by Crippen LogP contribution is 2.28. The zero-order valence-corrected chi connectivity index (χ0v) is 13.4. The highest BCUT2D eigenvalue weighted by molar-refractivity contribution is 6.10. The number of rotatable bonds is 2. The Labute approximate surface area is 142 Å². The highest BCUT2D eigenvalue weighted by Gasteiger charge is 2.09. The Balaban J connectivity index is 1.61. The smallest absolute Gasteiger partial charge is 0.323 e. The molecule has 0 fully saturated rings. The van der Waals surface area contributed by atoms with E-state index < -0.39 is 0 Å². The highest BCUT2D eigenvalue weighted by atomic mass is 19.1. The van der Waals surface area contributed by atoms with Gasteiger partial charge in [0.25, 0.3) is 0 Å². The molecule has 0 spiro atoms. The van der Waals surface area contributed by atoms with Crippen LogP contribution in [0.4, 0.5) is 20.6 Å². The lowest BCUT2D eigenvalue weighted by Crippen LogP contribution is -2.19. The summed E-state index contributed by atoms with van der Waals surface area (Å²) in [6, 6.07) is 12.8. The molecule has 0 saturated carbocycles. The van der Waals surface area contributed by atoms with Crippen LogP contribution in [0.5, 0.6) is 0 Å². The fourth-order valence-corrected chi connectivity index (χ4v) is 2.86. The molecule has 4 aromatic rings. The van der Waals surface area contributed by atoms with Crippen molar-refractivity contribution in [2.75, 3.05) is 10.6 Å². The molecule has 0 saturated heterocycles. The number of nitrogens with one attached hydrogen (secondary N) is 3. The van der Waals surface area contributed by atoms with Crippen molar-refractivity contribution in [2.45, 2.75) is 6.92 Å². The second-order valence-electron chi connectivity index (χ2n) is 5.79. The van der Waals surface area contributed by atoms with Gasteiger partial charge in [-0.05, 0) is 55.5 Å². The van der Waals surface area contributed by atoms with E-state index in [9.17, 15) is 9.18 Å². The van der Waals surface area contributed by atoms with Crippen LogP contribution in [0.1, 0.15) is 5.69 Å². The Morgan fingerprint density at radius 3 is 2.52 bits per heavy atom. The molecule has 0 unspecified atom stereocenters. The number of aryl methyl sites for hydroxylation is 1. The van der Waals surface area contributed by atoms with E-state index in [4.69, 9.17) is 0 Å². The quantitative estimate of drug-likeness (QED) is 0.492. The van der Waals surface area contributed by atoms with E-state index in [0.29, 0.717) is 11.4 Å². The van der Waals surface area contributed by atoms with Gasteiger partial charge in [-0.25, -0.2) is 9.18 Å². The van der Waals surface area contributed by atoms with Gasteiger partial charge >= 0.3 is 6.03 Å². The second-order valence-corrected chi connectivity index (χ2v) is 5.79. The molecule has 2 aromatic carbocycles. The van der Waals surface area contributed by atoms with Gasteiger partial charge in [0.2, 0.25) is 0 Å². The van der Waals surface area contributed by atoms with Crippen LogP contribution < -0.4 is 10.6 Å². The lowest BCUT2D eigenvalue weighted by atomic mass is 10.1. The number of anilines is 2. The maximum Gasteiger partial charge on any atom is 0.323 e. The standard InChI is InChI=1S/C19H15FN4O/c1-11-18-15(8-9-21-11)16-10-14(6-7-17(16)24-18)23-19(25)22-13-4-2-12(20)3-5-13/h2-10,24H,1H3,(H2,22,23,25). The van der Waals surface area contributed by atoms with Gasteiger partial charge in [-0.15, -0.1) is 0 Å². The maximum atomic E-state index is 12.9. The lowest BCUT2D eigenvalue weighted by Gasteiger charge is -2.08. The van der Waals surface area contributed by atoms with Crippen LogP contribution in [0.15, 0.2) is 54.7 Å². The van der Waals surface area contributed by atoms with E-state index >= 15 is 0 Å². The number of urea groups is 1. The number of carbonyl (C=O) groups is 1. The van der Waals surface area contributed by atoms with Gasteiger partial charge < -0.3 is 15.6 Å². The zero-order valence-electron chi connectivity index (χ0n) is 13.4. The molecule has 0 aliphatic carbocycles. The van der Waals surface area contributed by atoms with Crippen molar-refractivity contribution in [3.05, 3.63) is 66.2 Å². The summed E-state index contributed by atoms with van der Waals surface area (Å²) in [5, 5.41) is 7.54. The fourth-order valence-electron chi connectivity index (χ4n) is 2.86. The average Bonchev–Trinajstić information content (AvgIpc) is 2.97. The number of H-pyrrole nitrogens is 1. The van der Waals surface area contributed by atoms with Gasteiger partial charge in [0, 0.05) is 33.9 Å². The monoisotopic (exact) mass is 334 g/mol. The Morgan fingerprint density at radius 2 is 1.72 bits per heavy atom. The Bertz CT molecular complexity index is 1090. The molecule has 0 aliphatic heterocycles. The third-order valence-electron chi connectivity index (χ3n) is 4.07. The van der Waals surface area contributed by atoms with E-state index in [0.717, 1.165) is 27.5 Å². The Kier molecular flexibility index (Phi) is 3.57. The third kappa shape index (κ3) is 2.89. The molecule has 2 heterocycles. The lowest BCUT2D eigenvalue weighted by molar-refractivity contribution is 0.262. The number of pyridine rings is 1. The third-order valence-corrected chi connectivity index (χ3v) is 4.07. The second kappa shape index (κ2) is 5.90. The van der Waals surface area contributed by atoms with Crippen molar-refractivity contribution in [1.29, 1.82) is 0 Å². The first-order valence-corrected chi connectivity index (χ1v) is 7.81. The van der Waals surface area contributed by atoms with Crippen molar-refractivity contribution >= 4 is 39.2 Å². The summed E-state index contributed by atoms with van der Waals surface area (Å²) in [6.45, 7) is 1.95. The van der Waals surface area contributed by atoms with Crippen LogP contribution in [0.25, 0.3) is 21.8 Å². The number of fused-ring (bicyclic) bond motifs is 3. The molecule has 2 amide bonds. The normalized spacial score (nSPS) is 11.0. The van der Waals surface area contributed by atoms with Crippen LogP contribution in [-0.4, -0.2) is 16.0 Å². The van der Waals surface area contributed by atoms with Crippen molar-refractivity contribution in [1.82, 2.24) is 9.97 Å². The van der Waals surface area contributed by atoms with Crippen LogP contribution >= 0.6 is 0 Å². The minimum atomic E-state index is -0.386. The first-order chi connectivity index (χ1) is 12.1. The minimum absolute atomic E-state index is 0.347. The number of benzene rings is 2. The minimum Gasteiger partial charge on any atom is -0.353 e. The average molecular weight is 334 g/mol. The van der Waals surface area contributed by atoms with Gasteiger partial charge in [-0.3, -0.25) is 4.98 Å². The molecule has 6 heteroatoms. The number of amides is 2. The summed E-state index contributed by atoms with van der Waals surface area (Å²) in [5.74, 6) is -0.347. The molecule has 3 N–H and O–H groups in total. The molecule has 2 aromatic heterocycles. The van der Waals surface area contributed by atoms with Crippen LogP contribution in [-0.2, 0) is 0 Å². The van der Waals surface area contributed by atoms with Crippen molar-refractivity contribution in [3.8, 4) is 0 Å². The molecule has 0 bridgehead atoms. The number of aromatic amines is 1. The first kappa shape index (κ1) is 15.1. The van der Waals surface area contributed by atoms with E-state index in [-0.39, 0.29) is 11.8 Å². The van der Waals surface area contributed by atoms with Crippen LogP contribution in [0, 0.1) is 12.7 Å². The number of aromatic nitrogens is 2. The Morgan fingerprint density at radius 1 is 1.00 bits per heavy atom. The predicted molar refractivity (Wildman–Crippen MR) is 97.4 cm³/mol. The Hall–Kier alpha value is -3.41. The summed E-state index contributed by atoms with van der Waals surface area (Å²) in [6.07, 6.45) is 1.77. The number of hydrogen-bond donors (Lipinski definition) is 3. The van der Waals surface area contributed by atoms with Crippen molar-refractivity contribution < 1.29 is 9.18 Å². The topological polar surface area (TPSA) is 69.8 Å². The number of halogens is 1. The first-order valence-electron chi connectivity index (χ1n) is 7.81.